The lowest BCUT2D eigenvalue weighted by Crippen LogP contribution is -2.41. The number of benzene rings is 2. The molecule has 2 aliphatic rings. The van der Waals surface area contributed by atoms with Gasteiger partial charge < -0.3 is 24.3 Å². The number of para-hydroxylation sites is 1. The van der Waals surface area contributed by atoms with Crippen LogP contribution in [0.4, 0.5) is 5.69 Å². The van der Waals surface area contributed by atoms with E-state index in [1.54, 1.807) is 17.0 Å². The van der Waals surface area contributed by atoms with E-state index < -0.39 is 0 Å². The summed E-state index contributed by atoms with van der Waals surface area (Å²) in [6.07, 6.45) is 0. The normalized spacial score (nSPS) is 17.2. The zero-order valence-electron chi connectivity index (χ0n) is 18.5. The van der Waals surface area contributed by atoms with E-state index in [4.69, 9.17) is 9.15 Å². The quantitative estimate of drug-likeness (QED) is 0.314. The van der Waals surface area contributed by atoms with Gasteiger partial charge in [-0.25, -0.2) is 0 Å². The Kier molecular flexibility index (Phi) is 6.23. The molecular formula is C26H21N3O5S. The summed E-state index contributed by atoms with van der Waals surface area (Å²) in [5.74, 6) is 0.489. The fourth-order valence-electron chi connectivity index (χ4n) is 3.95. The third kappa shape index (κ3) is 4.37. The van der Waals surface area contributed by atoms with Crippen LogP contribution in [0.15, 0.2) is 81.1 Å². The predicted octanol–water partition coefficient (Wildman–Crippen LogP) is 4.50. The number of rotatable bonds is 4. The van der Waals surface area contributed by atoms with Crippen LogP contribution >= 0.6 is 11.8 Å². The van der Waals surface area contributed by atoms with Gasteiger partial charge >= 0.3 is 0 Å². The van der Waals surface area contributed by atoms with Crippen LogP contribution < -0.4 is 4.90 Å². The van der Waals surface area contributed by atoms with E-state index in [0.717, 1.165) is 5.69 Å². The molecule has 0 saturated carbocycles. The predicted molar refractivity (Wildman–Crippen MR) is 132 cm³/mol. The van der Waals surface area contributed by atoms with E-state index in [1.807, 2.05) is 40.6 Å². The molecule has 0 unspecified atom stereocenters. The fraction of sp³-hybridized carbons (Fsp3) is 0.154. The minimum absolute atomic E-state index is 0.00260. The van der Waals surface area contributed by atoms with Crippen LogP contribution in [0.5, 0.6) is 11.5 Å². The molecule has 2 aromatic carbocycles. The summed E-state index contributed by atoms with van der Waals surface area (Å²) in [4.78, 5) is 16.7. The van der Waals surface area contributed by atoms with Crippen molar-refractivity contribution in [3.05, 3.63) is 82.4 Å². The van der Waals surface area contributed by atoms with E-state index in [2.05, 4.69) is 6.07 Å². The van der Waals surface area contributed by atoms with Crippen LogP contribution in [0.2, 0.25) is 0 Å². The number of anilines is 1. The van der Waals surface area contributed by atoms with Crippen molar-refractivity contribution in [2.24, 2.45) is 0 Å². The number of hydrogen-bond donors (Lipinski definition) is 2. The van der Waals surface area contributed by atoms with Crippen LogP contribution in [-0.2, 0) is 9.53 Å². The molecule has 1 saturated heterocycles. The molecule has 1 fully saturated rings. The first-order chi connectivity index (χ1) is 17.1. The summed E-state index contributed by atoms with van der Waals surface area (Å²) < 4.78 is 11.4. The van der Waals surface area contributed by atoms with Gasteiger partial charge in [0, 0.05) is 24.2 Å². The molecule has 2 N–H and O–H groups in total. The van der Waals surface area contributed by atoms with Gasteiger partial charge in [0.25, 0.3) is 5.91 Å². The molecule has 35 heavy (non-hydrogen) atoms. The molecule has 176 valence electrons. The van der Waals surface area contributed by atoms with Crippen molar-refractivity contribution < 1.29 is 24.2 Å². The van der Waals surface area contributed by atoms with Crippen molar-refractivity contribution in [2.75, 3.05) is 31.2 Å². The second kappa shape index (κ2) is 9.62. The summed E-state index contributed by atoms with van der Waals surface area (Å²) in [6.45, 7) is 1.75. The van der Waals surface area contributed by atoms with Crippen LogP contribution in [0, 0.1) is 11.3 Å². The highest BCUT2D eigenvalue weighted by molar-refractivity contribution is 8.06. The Morgan fingerprint density at radius 2 is 1.74 bits per heavy atom. The zero-order valence-corrected chi connectivity index (χ0v) is 19.4. The lowest BCUT2D eigenvalue weighted by molar-refractivity contribution is -0.130. The molecule has 0 radical (unpaired) electrons. The Labute approximate surface area is 205 Å². The number of furan rings is 1. The molecule has 1 amide bonds. The molecule has 3 aromatic rings. The molecule has 0 atom stereocenters. The first-order valence-electron chi connectivity index (χ1n) is 10.9. The molecule has 2 aliphatic heterocycles. The lowest BCUT2D eigenvalue weighted by Gasteiger charge is -2.28. The average Bonchev–Trinajstić information content (AvgIpc) is 3.55. The number of carbonyl (C=O) groups is 1. The first kappa shape index (κ1) is 22.7. The van der Waals surface area contributed by atoms with Crippen LogP contribution in [0.1, 0.15) is 5.76 Å². The van der Waals surface area contributed by atoms with Crippen LogP contribution in [-0.4, -0.2) is 47.3 Å². The standard InChI is InChI=1S/C26H21N3O5S/c27-15-20(25(32)28-10-12-33-13-11-28)26-29(17-4-2-1-3-5-17)21(16-35-26)24-9-8-23(34-24)19-14-18(30)6-7-22(19)31/h1-9,14,16,30-31H,10-13H2. The highest BCUT2D eigenvalue weighted by atomic mass is 32.2. The lowest BCUT2D eigenvalue weighted by atomic mass is 10.1. The number of hydrogen-bond acceptors (Lipinski definition) is 8. The number of ether oxygens (including phenoxy) is 1. The Balaban J connectivity index is 1.56. The maximum atomic E-state index is 13.2. The molecule has 3 heterocycles. The van der Waals surface area contributed by atoms with Crippen molar-refractivity contribution in [2.45, 2.75) is 0 Å². The third-order valence-corrected chi connectivity index (χ3v) is 6.63. The van der Waals surface area contributed by atoms with Gasteiger partial charge in [-0.05, 0) is 42.5 Å². The summed E-state index contributed by atoms with van der Waals surface area (Å²) in [7, 11) is 0. The molecule has 8 nitrogen and oxygen atoms in total. The number of morpholine rings is 1. The number of nitriles is 1. The molecule has 0 bridgehead atoms. The third-order valence-electron chi connectivity index (χ3n) is 5.68. The Hall–Kier alpha value is -4.13. The SMILES string of the molecule is N#CC(C(=O)N1CCOCC1)=C1SC=C(c2ccc(-c3cc(O)ccc3O)o2)N1c1ccccc1. The number of aromatic hydroxyl groups is 2. The number of phenols is 2. The Morgan fingerprint density at radius 3 is 2.49 bits per heavy atom. The minimum atomic E-state index is -0.335. The molecule has 5 rings (SSSR count). The highest BCUT2D eigenvalue weighted by Crippen LogP contribution is 2.46. The van der Waals surface area contributed by atoms with Crippen molar-refractivity contribution >= 4 is 29.1 Å². The maximum absolute atomic E-state index is 13.2. The van der Waals surface area contributed by atoms with Gasteiger partial charge in [0.1, 0.15) is 33.9 Å². The Morgan fingerprint density at radius 1 is 1.00 bits per heavy atom. The van der Waals surface area contributed by atoms with Crippen molar-refractivity contribution in [3.8, 4) is 28.9 Å². The molecule has 9 heteroatoms. The van der Waals surface area contributed by atoms with Gasteiger partial charge in [-0.3, -0.25) is 9.69 Å². The van der Waals surface area contributed by atoms with Crippen molar-refractivity contribution in [1.82, 2.24) is 4.90 Å². The number of amides is 1. The van der Waals surface area contributed by atoms with Gasteiger partial charge in [0.2, 0.25) is 0 Å². The summed E-state index contributed by atoms with van der Waals surface area (Å²) in [5.41, 5.74) is 1.80. The molecule has 0 aliphatic carbocycles. The van der Waals surface area contributed by atoms with E-state index in [0.29, 0.717) is 54.1 Å². The summed E-state index contributed by atoms with van der Waals surface area (Å²) in [5, 5.41) is 32.4. The maximum Gasteiger partial charge on any atom is 0.267 e. The minimum Gasteiger partial charge on any atom is -0.508 e. The van der Waals surface area contributed by atoms with Crippen molar-refractivity contribution in [1.29, 1.82) is 5.26 Å². The second-order valence-corrected chi connectivity index (χ2v) is 8.71. The van der Waals surface area contributed by atoms with Crippen LogP contribution in [0.25, 0.3) is 17.0 Å². The van der Waals surface area contributed by atoms with Gasteiger partial charge in [-0.1, -0.05) is 30.0 Å². The molecule has 1 aromatic heterocycles. The summed E-state index contributed by atoms with van der Waals surface area (Å²) in [6, 6.07) is 19.2. The largest absolute Gasteiger partial charge is 0.508 e. The highest BCUT2D eigenvalue weighted by Gasteiger charge is 2.33. The van der Waals surface area contributed by atoms with E-state index in [9.17, 15) is 20.3 Å². The van der Waals surface area contributed by atoms with E-state index in [1.165, 1.54) is 30.0 Å². The topological polar surface area (TPSA) is 110 Å². The van der Waals surface area contributed by atoms with Crippen molar-refractivity contribution in [3.63, 3.8) is 0 Å². The smallest absolute Gasteiger partial charge is 0.267 e. The first-order valence-corrected chi connectivity index (χ1v) is 11.8. The number of carbonyl (C=O) groups excluding carboxylic acids is 1. The van der Waals surface area contributed by atoms with Gasteiger partial charge in [0.05, 0.1) is 24.5 Å². The van der Waals surface area contributed by atoms with Crippen LogP contribution in [0.3, 0.4) is 0 Å². The fourth-order valence-corrected chi connectivity index (χ4v) is 4.96. The average molecular weight is 488 g/mol. The second-order valence-electron chi connectivity index (χ2n) is 7.85. The summed E-state index contributed by atoms with van der Waals surface area (Å²) >= 11 is 1.28. The Bertz CT molecular complexity index is 1370. The van der Waals surface area contributed by atoms with Gasteiger partial charge in [-0.2, -0.15) is 5.26 Å². The van der Waals surface area contributed by atoms with Gasteiger partial charge in [-0.15, -0.1) is 0 Å². The monoisotopic (exact) mass is 487 g/mol. The van der Waals surface area contributed by atoms with Gasteiger partial charge in [0.15, 0.2) is 5.76 Å². The van der Waals surface area contributed by atoms with E-state index in [-0.39, 0.29) is 23.0 Å². The molecular weight excluding hydrogens is 466 g/mol. The molecule has 0 spiro atoms. The number of nitrogens with zero attached hydrogens (tertiary/aromatic N) is 3. The van der Waals surface area contributed by atoms with E-state index >= 15 is 0 Å². The number of thioether (sulfide) groups is 1. The number of phenolic OH excluding ortho intramolecular Hbond substituents is 2. The zero-order chi connectivity index (χ0) is 24.4.